The van der Waals surface area contributed by atoms with Crippen LogP contribution < -0.4 is 5.32 Å². The van der Waals surface area contributed by atoms with E-state index in [1.807, 2.05) is 0 Å². The van der Waals surface area contributed by atoms with E-state index < -0.39 is 23.9 Å². The average Bonchev–Trinajstić information content (AvgIpc) is 2.27. The van der Waals surface area contributed by atoms with Gasteiger partial charge in [-0.2, -0.15) is 13.2 Å². The van der Waals surface area contributed by atoms with E-state index in [0.717, 1.165) is 12.1 Å². The highest BCUT2D eigenvalue weighted by molar-refractivity contribution is 5.34. The molecule has 0 aromatic heterocycles. The molecule has 1 aromatic carbocycles. The predicted octanol–water partition coefficient (Wildman–Crippen LogP) is 1.63. The molecule has 0 aliphatic heterocycles. The van der Waals surface area contributed by atoms with E-state index in [-0.39, 0.29) is 6.54 Å². The molecule has 1 aromatic rings. The summed E-state index contributed by atoms with van der Waals surface area (Å²) in [4.78, 5) is 0. The summed E-state index contributed by atoms with van der Waals surface area (Å²) >= 11 is 0. The van der Waals surface area contributed by atoms with Crippen LogP contribution in [0.25, 0.3) is 0 Å². The van der Waals surface area contributed by atoms with Crippen molar-refractivity contribution in [2.45, 2.75) is 25.3 Å². The zero-order chi connectivity index (χ0) is 13.9. The van der Waals surface area contributed by atoms with Gasteiger partial charge in [0.05, 0.1) is 11.7 Å². The maximum atomic E-state index is 12.5. The standard InChI is InChI=1S/C12H16F3NO2/c1-7-5-8(12(13,14)15)3-4-9(7)11(18)10(17)6-16-2/h3-5,10-11,16-18H,6H2,1-2H3. The molecule has 102 valence electrons. The lowest BCUT2D eigenvalue weighted by Crippen LogP contribution is -2.30. The second kappa shape index (κ2) is 5.69. The maximum Gasteiger partial charge on any atom is 0.416 e. The maximum absolute atomic E-state index is 12.5. The van der Waals surface area contributed by atoms with Crippen LogP contribution in [-0.4, -0.2) is 29.9 Å². The van der Waals surface area contributed by atoms with Crippen molar-refractivity contribution < 1.29 is 23.4 Å². The van der Waals surface area contributed by atoms with Gasteiger partial charge in [-0.1, -0.05) is 6.07 Å². The molecule has 0 radical (unpaired) electrons. The van der Waals surface area contributed by atoms with E-state index in [1.165, 1.54) is 13.0 Å². The highest BCUT2D eigenvalue weighted by Crippen LogP contribution is 2.32. The number of aryl methyl sites for hydroxylation is 1. The van der Waals surface area contributed by atoms with Gasteiger partial charge in [0.1, 0.15) is 6.10 Å². The predicted molar refractivity (Wildman–Crippen MR) is 61.1 cm³/mol. The molecule has 0 bridgehead atoms. The van der Waals surface area contributed by atoms with E-state index in [4.69, 9.17) is 0 Å². The van der Waals surface area contributed by atoms with Gasteiger partial charge >= 0.3 is 6.18 Å². The minimum atomic E-state index is -4.40. The molecular formula is C12H16F3NO2. The fraction of sp³-hybridized carbons (Fsp3) is 0.500. The molecule has 0 aliphatic carbocycles. The van der Waals surface area contributed by atoms with Gasteiger partial charge in [0.2, 0.25) is 0 Å². The summed E-state index contributed by atoms with van der Waals surface area (Å²) in [5.41, 5.74) is -0.169. The summed E-state index contributed by atoms with van der Waals surface area (Å²) in [6, 6.07) is 3.06. The molecule has 6 heteroatoms. The summed E-state index contributed by atoms with van der Waals surface area (Å²) in [5, 5.41) is 22.1. The number of hydrogen-bond donors (Lipinski definition) is 3. The zero-order valence-corrected chi connectivity index (χ0v) is 10.1. The molecule has 0 fully saturated rings. The Balaban J connectivity index is 2.99. The molecule has 18 heavy (non-hydrogen) atoms. The summed E-state index contributed by atoms with van der Waals surface area (Å²) in [7, 11) is 1.61. The minimum Gasteiger partial charge on any atom is -0.389 e. The third-order valence-electron chi connectivity index (χ3n) is 2.69. The second-order valence-corrected chi connectivity index (χ2v) is 4.14. The van der Waals surface area contributed by atoms with E-state index in [0.29, 0.717) is 11.1 Å². The lowest BCUT2D eigenvalue weighted by molar-refractivity contribution is -0.137. The number of benzene rings is 1. The highest BCUT2D eigenvalue weighted by Gasteiger charge is 2.31. The van der Waals surface area contributed by atoms with Gasteiger partial charge in [0, 0.05) is 6.54 Å². The Labute approximate surface area is 103 Å². The first kappa shape index (κ1) is 14.9. The van der Waals surface area contributed by atoms with Crippen LogP contribution in [0.2, 0.25) is 0 Å². The monoisotopic (exact) mass is 263 g/mol. The van der Waals surface area contributed by atoms with Gasteiger partial charge in [-0.3, -0.25) is 0 Å². The molecular weight excluding hydrogens is 247 g/mol. The Hall–Kier alpha value is -1.11. The molecule has 3 nitrogen and oxygen atoms in total. The van der Waals surface area contributed by atoms with Crippen LogP contribution in [0.15, 0.2) is 18.2 Å². The first-order chi connectivity index (χ1) is 8.27. The molecule has 0 heterocycles. The van der Waals surface area contributed by atoms with Gasteiger partial charge in [0.15, 0.2) is 0 Å². The SMILES string of the molecule is CNCC(O)C(O)c1ccc(C(F)(F)F)cc1C. The highest BCUT2D eigenvalue weighted by atomic mass is 19.4. The first-order valence-electron chi connectivity index (χ1n) is 5.46. The smallest absolute Gasteiger partial charge is 0.389 e. The summed E-state index contributed by atoms with van der Waals surface area (Å²) in [5.74, 6) is 0. The van der Waals surface area contributed by atoms with Crippen molar-refractivity contribution in [1.29, 1.82) is 0 Å². The van der Waals surface area contributed by atoms with E-state index in [1.54, 1.807) is 7.05 Å². The molecule has 0 saturated carbocycles. The van der Waals surface area contributed by atoms with E-state index in [9.17, 15) is 23.4 Å². The van der Waals surface area contributed by atoms with Gasteiger partial charge in [-0.25, -0.2) is 0 Å². The Morgan fingerprint density at radius 1 is 1.28 bits per heavy atom. The van der Waals surface area contributed by atoms with Crippen LogP contribution in [-0.2, 0) is 6.18 Å². The Kier molecular flexibility index (Phi) is 4.72. The number of hydrogen-bond acceptors (Lipinski definition) is 3. The number of likely N-dealkylation sites (N-methyl/N-ethyl adjacent to an activating group) is 1. The van der Waals surface area contributed by atoms with Gasteiger partial charge in [-0.05, 0) is 37.2 Å². The zero-order valence-electron chi connectivity index (χ0n) is 10.1. The van der Waals surface area contributed by atoms with Crippen molar-refractivity contribution in [2.24, 2.45) is 0 Å². The van der Waals surface area contributed by atoms with Crippen molar-refractivity contribution in [3.8, 4) is 0 Å². The van der Waals surface area contributed by atoms with Crippen LogP contribution >= 0.6 is 0 Å². The molecule has 2 unspecified atom stereocenters. The lowest BCUT2D eigenvalue weighted by atomic mass is 9.97. The van der Waals surface area contributed by atoms with Crippen LogP contribution in [0.1, 0.15) is 22.8 Å². The van der Waals surface area contributed by atoms with Crippen LogP contribution in [0.3, 0.4) is 0 Å². The molecule has 0 saturated heterocycles. The van der Waals surface area contributed by atoms with Crippen molar-refractivity contribution in [2.75, 3.05) is 13.6 Å². The molecule has 1 rings (SSSR count). The summed E-state index contributed by atoms with van der Waals surface area (Å²) < 4.78 is 37.4. The quantitative estimate of drug-likeness (QED) is 0.774. The fourth-order valence-corrected chi connectivity index (χ4v) is 1.71. The van der Waals surface area contributed by atoms with Crippen molar-refractivity contribution in [3.63, 3.8) is 0 Å². The molecule has 0 spiro atoms. The number of nitrogens with one attached hydrogen (secondary N) is 1. The molecule has 2 atom stereocenters. The number of aliphatic hydroxyl groups is 2. The molecule has 0 aliphatic rings. The largest absolute Gasteiger partial charge is 0.416 e. The summed E-state index contributed by atoms with van der Waals surface area (Å²) in [6.07, 6.45) is -6.68. The summed E-state index contributed by atoms with van der Waals surface area (Å²) in [6.45, 7) is 1.63. The molecule has 0 amide bonds. The Bertz CT molecular complexity index is 407. The van der Waals surface area contributed by atoms with Gasteiger partial charge in [-0.15, -0.1) is 0 Å². The number of halogens is 3. The van der Waals surface area contributed by atoms with E-state index in [2.05, 4.69) is 5.32 Å². The van der Waals surface area contributed by atoms with E-state index >= 15 is 0 Å². The first-order valence-corrected chi connectivity index (χ1v) is 5.46. The van der Waals surface area contributed by atoms with Gasteiger partial charge < -0.3 is 15.5 Å². The number of aliphatic hydroxyl groups excluding tert-OH is 2. The topological polar surface area (TPSA) is 52.5 Å². The average molecular weight is 263 g/mol. The number of alkyl halides is 3. The third-order valence-corrected chi connectivity index (χ3v) is 2.69. The Morgan fingerprint density at radius 2 is 1.89 bits per heavy atom. The van der Waals surface area contributed by atoms with Crippen LogP contribution in [0, 0.1) is 6.92 Å². The lowest BCUT2D eigenvalue weighted by Gasteiger charge is -2.20. The number of rotatable bonds is 4. The Morgan fingerprint density at radius 3 is 2.33 bits per heavy atom. The minimum absolute atomic E-state index is 0.154. The van der Waals surface area contributed by atoms with Crippen molar-refractivity contribution in [3.05, 3.63) is 34.9 Å². The normalized spacial score (nSPS) is 15.5. The van der Waals surface area contributed by atoms with Crippen molar-refractivity contribution in [1.82, 2.24) is 5.32 Å². The van der Waals surface area contributed by atoms with Gasteiger partial charge in [0.25, 0.3) is 0 Å². The second-order valence-electron chi connectivity index (χ2n) is 4.14. The third kappa shape index (κ3) is 3.44. The fourth-order valence-electron chi connectivity index (χ4n) is 1.71. The van der Waals surface area contributed by atoms with Crippen LogP contribution in [0.5, 0.6) is 0 Å². The van der Waals surface area contributed by atoms with Crippen LogP contribution in [0.4, 0.5) is 13.2 Å². The van der Waals surface area contributed by atoms with Crippen molar-refractivity contribution >= 4 is 0 Å². The molecule has 3 N–H and O–H groups in total.